The Kier molecular flexibility index (Phi) is 7.46. The van der Waals surface area contributed by atoms with Gasteiger partial charge in [-0.2, -0.15) is 12.6 Å². The van der Waals surface area contributed by atoms with E-state index < -0.39 is 40.8 Å². The molecule has 0 aromatic heterocycles. The van der Waals surface area contributed by atoms with Gasteiger partial charge in [0.05, 0.1) is 24.3 Å². The van der Waals surface area contributed by atoms with Crippen molar-refractivity contribution in [2.24, 2.45) is 10.4 Å². The molecule has 3 atom stereocenters. The molecule has 0 fully saturated rings. The van der Waals surface area contributed by atoms with Crippen molar-refractivity contribution in [1.82, 2.24) is 5.32 Å². The zero-order chi connectivity index (χ0) is 20.3. The van der Waals surface area contributed by atoms with Crippen LogP contribution in [0.4, 0.5) is 4.79 Å². The number of carbonyl (C=O) groups is 2. The summed E-state index contributed by atoms with van der Waals surface area (Å²) in [6.07, 6.45) is -1.59. The van der Waals surface area contributed by atoms with E-state index in [9.17, 15) is 14.7 Å². The number of methoxy groups -OCH3 is 1. The Morgan fingerprint density at radius 1 is 1.38 bits per heavy atom. The van der Waals surface area contributed by atoms with Gasteiger partial charge in [-0.25, -0.2) is 9.59 Å². The fraction of sp³-hybridized carbons (Fsp3) is 0.824. The molecule has 1 aliphatic rings. The van der Waals surface area contributed by atoms with E-state index >= 15 is 0 Å². The number of carbonyl (C=O) groups excluding carboxylic acids is 2. The fourth-order valence-corrected chi connectivity index (χ4v) is 4.11. The molecule has 150 valence electrons. The summed E-state index contributed by atoms with van der Waals surface area (Å²) in [5, 5.41) is 14.2. The molecule has 0 bridgehead atoms. The van der Waals surface area contributed by atoms with E-state index in [1.807, 2.05) is 13.8 Å². The first-order valence-electron chi connectivity index (χ1n) is 8.37. The first kappa shape index (κ1) is 23.1. The van der Waals surface area contributed by atoms with Crippen molar-refractivity contribution in [1.29, 1.82) is 0 Å². The van der Waals surface area contributed by atoms with Crippen LogP contribution in [0, 0.1) is 5.41 Å². The van der Waals surface area contributed by atoms with Crippen LogP contribution >= 0.6 is 24.4 Å². The SMILES string of the molecule is COC(=O)[C@@]1(C)CSC(C(C)(C)[C@H](O)[C@H](CS)NC(=O)OC(C)(C)C)=N1. The normalized spacial score (nSPS) is 23.0. The first-order valence-corrected chi connectivity index (χ1v) is 9.98. The minimum atomic E-state index is -0.973. The van der Waals surface area contributed by atoms with Crippen molar-refractivity contribution in [2.45, 2.75) is 64.8 Å². The number of rotatable bonds is 6. The number of thioether (sulfide) groups is 1. The van der Waals surface area contributed by atoms with E-state index in [1.54, 1.807) is 27.7 Å². The van der Waals surface area contributed by atoms with Gasteiger partial charge in [0.2, 0.25) is 0 Å². The summed E-state index contributed by atoms with van der Waals surface area (Å²) in [4.78, 5) is 28.5. The van der Waals surface area contributed by atoms with Crippen LogP contribution in [-0.4, -0.2) is 64.1 Å². The minimum Gasteiger partial charge on any atom is -0.467 e. The topological polar surface area (TPSA) is 97.2 Å². The third kappa shape index (κ3) is 5.53. The van der Waals surface area contributed by atoms with Gasteiger partial charge in [0, 0.05) is 16.9 Å². The predicted octanol–water partition coefficient (Wildman–Crippen LogP) is 2.27. The van der Waals surface area contributed by atoms with E-state index in [-0.39, 0.29) is 5.75 Å². The number of esters is 1. The highest BCUT2D eigenvalue weighted by Crippen LogP contribution is 2.39. The van der Waals surface area contributed by atoms with Crippen LogP contribution in [0.2, 0.25) is 0 Å². The standard InChI is InChI=1S/C17H30N2O5S2/c1-15(2,3)24-14(22)18-10(8-25)11(20)16(4,5)12-19-17(6,9-26-12)13(21)23-7/h10-11,20,25H,8-9H2,1-7H3,(H,18,22)/t10-,11+,17+/m0/s1. The summed E-state index contributed by atoms with van der Waals surface area (Å²) in [5.74, 6) is 0.245. The average Bonchev–Trinajstić information content (AvgIpc) is 2.93. The molecule has 0 spiro atoms. The molecular formula is C17H30N2O5S2. The van der Waals surface area contributed by atoms with Crippen molar-refractivity contribution in [3.63, 3.8) is 0 Å². The molecule has 1 rings (SSSR count). The zero-order valence-electron chi connectivity index (χ0n) is 16.5. The Morgan fingerprint density at radius 3 is 2.42 bits per heavy atom. The second-order valence-electron chi connectivity index (χ2n) is 8.07. The number of alkyl carbamates (subject to hydrolysis) is 1. The van der Waals surface area contributed by atoms with Crippen molar-refractivity contribution in [3.05, 3.63) is 0 Å². The second-order valence-corrected chi connectivity index (χ2v) is 9.40. The lowest BCUT2D eigenvalue weighted by atomic mass is 9.83. The molecule has 1 amide bonds. The number of hydrogen-bond acceptors (Lipinski definition) is 8. The molecule has 0 saturated heterocycles. The Balaban J connectivity index is 2.94. The van der Waals surface area contributed by atoms with Gasteiger partial charge in [-0.15, -0.1) is 11.8 Å². The monoisotopic (exact) mass is 406 g/mol. The van der Waals surface area contributed by atoms with Gasteiger partial charge in [-0.1, -0.05) is 13.8 Å². The minimum absolute atomic E-state index is 0.218. The number of thiol groups is 1. The third-order valence-corrected chi connectivity index (χ3v) is 6.02. The van der Waals surface area contributed by atoms with E-state index in [2.05, 4.69) is 22.9 Å². The van der Waals surface area contributed by atoms with E-state index in [1.165, 1.54) is 18.9 Å². The van der Waals surface area contributed by atoms with Gasteiger partial charge >= 0.3 is 12.1 Å². The zero-order valence-corrected chi connectivity index (χ0v) is 18.2. The lowest BCUT2D eigenvalue weighted by Crippen LogP contribution is -2.53. The molecule has 2 N–H and O–H groups in total. The van der Waals surface area contributed by atoms with Crippen molar-refractivity contribution < 1.29 is 24.2 Å². The Labute approximate surface area is 165 Å². The van der Waals surface area contributed by atoms with Gasteiger partial charge in [-0.05, 0) is 27.7 Å². The third-order valence-electron chi connectivity index (χ3n) is 4.03. The first-order chi connectivity index (χ1) is 11.8. The summed E-state index contributed by atoms with van der Waals surface area (Å²) < 4.78 is 10.1. The average molecular weight is 407 g/mol. The van der Waals surface area contributed by atoms with Crippen molar-refractivity contribution in [2.75, 3.05) is 18.6 Å². The number of nitrogens with zero attached hydrogens (tertiary/aromatic N) is 1. The summed E-state index contributed by atoms with van der Waals surface area (Å²) in [6, 6.07) is -0.642. The van der Waals surface area contributed by atoms with Crippen LogP contribution in [0.15, 0.2) is 4.99 Å². The fourth-order valence-electron chi connectivity index (χ4n) is 2.46. The molecule has 9 heteroatoms. The van der Waals surface area contributed by atoms with Crippen LogP contribution < -0.4 is 5.32 Å². The van der Waals surface area contributed by atoms with E-state index in [4.69, 9.17) is 9.47 Å². The molecule has 0 aromatic carbocycles. The van der Waals surface area contributed by atoms with Gasteiger partial charge < -0.3 is 19.9 Å². The van der Waals surface area contributed by atoms with Gasteiger partial charge in [0.1, 0.15) is 5.60 Å². The molecule has 1 aliphatic heterocycles. The van der Waals surface area contributed by atoms with Crippen molar-refractivity contribution >= 4 is 41.5 Å². The highest BCUT2D eigenvalue weighted by Gasteiger charge is 2.47. The van der Waals surface area contributed by atoms with E-state index in [0.29, 0.717) is 10.8 Å². The van der Waals surface area contributed by atoms with Gasteiger partial charge in [0.25, 0.3) is 0 Å². The molecule has 0 aromatic rings. The summed E-state index contributed by atoms with van der Waals surface area (Å²) in [7, 11) is 1.33. The number of aliphatic hydroxyl groups excluding tert-OH is 1. The summed E-state index contributed by atoms with van der Waals surface area (Å²) >= 11 is 5.65. The lowest BCUT2D eigenvalue weighted by Gasteiger charge is -2.35. The largest absolute Gasteiger partial charge is 0.467 e. The lowest BCUT2D eigenvalue weighted by molar-refractivity contribution is -0.145. The van der Waals surface area contributed by atoms with Crippen molar-refractivity contribution in [3.8, 4) is 0 Å². The maximum absolute atomic E-state index is 12.0. The predicted molar refractivity (Wildman–Crippen MR) is 107 cm³/mol. The highest BCUT2D eigenvalue weighted by molar-refractivity contribution is 8.14. The molecule has 1 heterocycles. The molecule has 0 unspecified atom stereocenters. The molecular weight excluding hydrogens is 376 g/mol. The number of aliphatic hydroxyl groups is 1. The Hall–Kier alpha value is -0.930. The maximum atomic E-state index is 12.0. The van der Waals surface area contributed by atoms with Crippen LogP contribution in [0.1, 0.15) is 41.5 Å². The van der Waals surface area contributed by atoms with Crippen LogP contribution in [-0.2, 0) is 14.3 Å². The number of nitrogens with one attached hydrogen (secondary N) is 1. The summed E-state index contributed by atoms with van der Waals surface area (Å²) in [6.45, 7) is 10.6. The highest BCUT2D eigenvalue weighted by atomic mass is 32.2. The van der Waals surface area contributed by atoms with Gasteiger partial charge in [-0.3, -0.25) is 4.99 Å². The van der Waals surface area contributed by atoms with Crippen LogP contribution in [0.25, 0.3) is 0 Å². The number of aliphatic imine (C=N–C) groups is 1. The molecule has 0 aliphatic carbocycles. The maximum Gasteiger partial charge on any atom is 0.407 e. The molecule has 26 heavy (non-hydrogen) atoms. The van der Waals surface area contributed by atoms with Gasteiger partial charge in [0.15, 0.2) is 5.54 Å². The number of hydrogen-bond donors (Lipinski definition) is 3. The number of amides is 1. The summed E-state index contributed by atoms with van der Waals surface area (Å²) in [5.41, 5.74) is -2.40. The molecule has 7 nitrogen and oxygen atoms in total. The molecule has 0 radical (unpaired) electrons. The Bertz CT molecular complexity index is 574. The Morgan fingerprint density at radius 2 is 1.96 bits per heavy atom. The molecule has 0 saturated carbocycles. The van der Waals surface area contributed by atoms with Crippen LogP contribution in [0.5, 0.6) is 0 Å². The van der Waals surface area contributed by atoms with E-state index in [0.717, 1.165) is 0 Å². The van der Waals surface area contributed by atoms with Crippen LogP contribution in [0.3, 0.4) is 0 Å². The quantitative estimate of drug-likeness (QED) is 0.462. The second kappa shape index (κ2) is 8.39. The number of ether oxygens (including phenoxy) is 2. The smallest absolute Gasteiger partial charge is 0.407 e.